The molecule has 0 aliphatic rings. The van der Waals surface area contributed by atoms with Gasteiger partial charge in [0.2, 0.25) is 6.54 Å². The van der Waals surface area contributed by atoms with E-state index in [4.69, 9.17) is 0 Å². The number of hydrogen-bond acceptors (Lipinski definition) is 3. The zero-order valence-corrected chi connectivity index (χ0v) is 6.67. The molecule has 12 heavy (non-hydrogen) atoms. The third-order valence-electron chi connectivity index (χ3n) is 1.65. The molecule has 5 nitrogen and oxygen atoms in total. The number of aromatic nitrogens is 1. The molecule has 1 atom stereocenters. The van der Waals surface area contributed by atoms with E-state index in [1.165, 1.54) is 0 Å². The largest absolute Gasteiger partial charge is 0.380 e. The lowest BCUT2D eigenvalue weighted by Gasteiger charge is -2.06. The average molecular weight is 170 g/mol. The van der Waals surface area contributed by atoms with Gasteiger partial charge in [-0.05, 0) is 12.1 Å². The second kappa shape index (κ2) is 3.36. The highest BCUT2D eigenvalue weighted by Crippen LogP contribution is 2.11. The zero-order valence-electron chi connectivity index (χ0n) is 6.67. The molecule has 5 heteroatoms. The van der Waals surface area contributed by atoms with Gasteiger partial charge in [0.15, 0.2) is 6.10 Å². The zero-order chi connectivity index (χ0) is 9.14. The van der Waals surface area contributed by atoms with Crippen LogP contribution in [0.3, 0.4) is 0 Å². The van der Waals surface area contributed by atoms with Crippen LogP contribution in [0.5, 0.6) is 0 Å². The van der Waals surface area contributed by atoms with Gasteiger partial charge in [0.05, 0.1) is 5.69 Å². The van der Waals surface area contributed by atoms with E-state index in [9.17, 15) is 15.2 Å². The minimum Gasteiger partial charge on any atom is -0.380 e. The van der Waals surface area contributed by atoms with Crippen LogP contribution in [-0.2, 0) is 7.05 Å². The topological polar surface area (TPSA) is 68.3 Å². The quantitative estimate of drug-likeness (QED) is 0.525. The normalized spacial score (nSPS) is 12.8. The molecule has 0 aromatic carbocycles. The summed E-state index contributed by atoms with van der Waals surface area (Å²) in [6, 6.07) is 3.40. The Balaban J connectivity index is 2.71. The van der Waals surface area contributed by atoms with Crippen molar-refractivity contribution in [3.05, 3.63) is 34.1 Å². The van der Waals surface area contributed by atoms with Crippen LogP contribution in [0.4, 0.5) is 0 Å². The average Bonchev–Trinajstić information content (AvgIpc) is 2.33. The Bertz CT molecular complexity index is 282. The molecule has 1 aromatic rings. The molecule has 1 aromatic heterocycles. The van der Waals surface area contributed by atoms with E-state index in [0.29, 0.717) is 5.69 Å². The Kier molecular flexibility index (Phi) is 2.44. The first kappa shape index (κ1) is 8.73. The summed E-state index contributed by atoms with van der Waals surface area (Å²) in [7, 11) is 1.73. The molecule has 0 aliphatic carbocycles. The van der Waals surface area contributed by atoms with Gasteiger partial charge in [0, 0.05) is 18.2 Å². The van der Waals surface area contributed by atoms with E-state index in [0.717, 1.165) is 0 Å². The van der Waals surface area contributed by atoms with Crippen LogP contribution in [-0.4, -0.2) is 21.1 Å². The van der Waals surface area contributed by atoms with E-state index in [1.54, 1.807) is 29.9 Å². The lowest BCUT2D eigenvalue weighted by atomic mass is 10.2. The van der Waals surface area contributed by atoms with Crippen molar-refractivity contribution in [2.75, 3.05) is 6.54 Å². The maximum atomic E-state index is 10.1. The van der Waals surface area contributed by atoms with Gasteiger partial charge in [-0.2, -0.15) is 0 Å². The van der Waals surface area contributed by atoms with Gasteiger partial charge in [0.25, 0.3) is 0 Å². The molecule has 66 valence electrons. The van der Waals surface area contributed by atoms with E-state index >= 15 is 0 Å². The molecule has 0 bridgehead atoms. The van der Waals surface area contributed by atoms with Crippen molar-refractivity contribution in [1.82, 2.24) is 4.57 Å². The van der Waals surface area contributed by atoms with Crippen LogP contribution >= 0.6 is 0 Å². The Labute approximate surface area is 69.4 Å². The third-order valence-corrected chi connectivity index (χ3v) is 1.65. The lowest BCUT2D eigenvalue weighted by Crippen LogP contribution is -2.14. The van der Waals surface area contributed by atoms with E-state index in [2.05, 4.69) is 0 Å². The fourth-order valence-corrected chi connectivity index (χ4v) is 1.06. The van der Waals surface area contributed by atoms with Crippen molar-refractivity contribution in [3.63, 3.8) is 0 Å². The third kappa shape index (κ3) is 1.82. The summed E-state index contributed by atoms with van der Waals surface area (Å²) in [5.74, 6) is 0. The van der Waals surface area contributed by atoms with E-state index < -0.39 is 17.6 Å². The summed E-state index contributed by atoms with van der Waals surface area (Å²) in [6.45, 7) is -0.447. The molecule has 0 aliphatic heterocycles. The van der Waals surface area contributed by atoms with Crippen molar-refractivity contribution in [1.29, 1.82) is 0 Å². The van der Waals surface area contributed by atoms with Crippen LogP contribution in [0.1, 0.15) is 11.8 Å². The number of aliphatic hydroxyl groups is 1. The lowest BCUT2D eigenvalue weighted by molar-refractivity contribution is -0.491. The first-order valence-electron chi connectivity index (χ1n) is 3.52. The SMILES string of the molecule is Cn1cccc1C(O)C[N+](=O)[O-]. The Hall–Kier alpha value is -1.36. The predicted molar refractivity (Wildman–Crippen MR) is 42.2 cm³/mol. The second-order valence-electron chi connectivity index (χ2n) is 2.58. The van der Waals surface area contributed by atoms with Crippen LogP contribution < -0.4 is 0 Å². The fraction of sp³-hybridized carbons (Fsp3) is 0.429. The summed E-state index contributed by atoms with van der Waals surface area (Å²) in [5.41, 5.74) is 0.562. The second-order valence-corrected chi connectivity index (χ2v) is 2.58. The molecule has 0 fully saturated rings. The van der Waals surface area contributed by atoms with Gasteiger partial charge in [-0.15, -0.1) is 0 Å². The van der Waals surface area contributed by atoms with Crippen molar-refractivity contribution in [2.24, 2.45) is 7.05 Å². The summed E-state index contributed by atoms with van der Waals surface area (Å²) in [5, 5.41) is 19.4. The minimum atomic E-state index is -1.01. The van der Waals surface area contributed by atoms with Gasteiger partial charge in [0.1, 0.15) is 0 Å². The molecule has 0 saturated carbocycles. The highest BCUT2D eigenvalue weighted by Gasteiger charge is 2.15. The first-order chi connectivity index (χ1) is 5.61. The summed E-state index contributed by atoms with van der Waals surface area (Å²) < 4.78 is 1.66. The Morgan fingerprint density at radius 3 is 2.92 bits per heavy atom. The van der Waals surface area contributed by atoms with Gasteiger partial charge >= 0.3 is 0 Å². The maximum absolute atomic E-state index is 10.1. The molecule has 1 unspecified atom stereocenters. The number of nitrogens with zero attached hydrogens (tertiary/aromatic N) is 2. The summed E-state index contributed by atoms with van der Waals surface area (Å²) in [4.78, 5) is 9.52. The molecule has 0 amide bonds. The molecule has 1 N–H and O–H groups in total. The molecule has 0 saturated heterocycles. The Morgan fingerprint density at radius 2 is 2.50 bits per heavy atom. The summed E-state index contributed by atoms with van der Waals surface area (Å²) >= 11 is 0. The summed E-state index contributed by atoms with van der Waals surface area (Å²) in [6.07, 6.45) is 0.721. The molecule has 0 radical (unpaired) electrons. The number of hydrogen-bond donors (Lipinski definition) is 1. The van der Waals surface area contributed by atoms with Crippen LogP contribution in [0.25, 0.3) is 0 Å². The highest BCUT2D eigenvalue weighted by atomic mass is 16.6. The monoisotopic (exact) mass is 170 g/mol. The van der Waals surface area contributed by atoms with Gasteiger partial charge in [-0.3, -0.25) is 10.1 Å². The minimum absolute atomic E-state index is 0.447. The molecular weight excluding hydrogens is 160 g/mol. The van der Waals surface area contributed by atoms with Crippen molar-refractivity contribution < 1.29 is 10.0 Å². The number of nitro groups is 1. The van der Waals surface area contributed by atoms with Crippen molar-refractivity contribution in [3.8, 4) is 0 Å². The Morgan fingerprint density at radius 1 is 1.83 bits per heavy atom. The van der Waals surface area contributed by atoms with Crippen molar-refractivity contribution in [2.45, 2.75) is 6.10 Å². The highest BCUT2D eigenvalue weighted by molar-refractivity contribution is 5.09. The maximum Gasteiger partial charge on any atom is 0.235 e. The van der Waals surface area contributed by atoms with E-state index in [-0.39, 0.29) is 0 Å². The van der Waals surface area contributed by atoms with Crippen molar-refractivity contribution >= 4 is 0 Å². The van der Waals surface area contributed by atoms with Crippen LogP contribution in [0, 0.1) is 10.1 Å². The number of aliphatic hydroxyl groups excluding tert-OH is 1. The van der Waals surface area contributed by atoms with Gasteiger partial charge in [-0.1, -0.05) is 0 Å². The molecular formula is C7H10N2O3. The van der Waals surface area contributed by atoms with Crippen LogP contribution in [0.15, 0.2) is 18.3 Å². The molecule has 1 heterocycles. The fourth-order valence-electron chi connectivity index (χ4n) is 1.06. The molecule has 1 rings (SSSR count). The molecule has 0 spiro atoms. The standard InChI is InChI=1S/C7H10N2O3/c1-8-4-2-3-6(8)7(10)5-9(11)12/h2-4,7,10H,5H2,1H3. The van der Waals surface area contributed by atoms with Gasteiger partial charge in [-0.25, -0.2) is 0 Å². The predicted octanol–water partition coefficient (Wildman–Crippen LogP) is 0.335. The smallest absolute Gasteiger partial charge is 0.235 e. The van der Waals surface area contributed by atoms with Crippen LogP contribution in [0.2, 0.25) is 0 Å². The number of rotatable bonds is 3. The first-order valence-corrected chi connectivity index (χ1v) is 3.52. The number of aryl methyl sites for hydroxylation is 1. The van der Waals surface area contributed by atoms with E-state index in [1.807, 2.05) is 0 Å². The van der Waals surface area contributed by atoms with Gasteiger partial charge < -0.3 is 9.67 Å².